The van der Waals surface area contributed by atoms with Crippen LogP contribution in [0.4, 0.5) is 0 Å². The van der Waals surface area contributed by atoms with Gasteiger partial charge in [-0.15, -0.1) is 0 Å². The van der Waals surface area contributed by atoms with Crippen molar-refractivity contribution < 1.29 is 24.9 Å². The van der Waals surface area contributed by atoms with Gasteiger partial charge >= 0.3 is 0 Å². The van der Waals surface area contributed by atoms with Gasteiger partial charge in [0, 0.05) is 6.54 Å². The normalized spacial score (nSPS) is 13.8. The van der Waals surface area contributed by atoms with E-state index in [4.69, 9.17) is 12.0 Å². The number of ketones is 1. The third kappa shape index (κ3) is 8.21. The number of unbranched alkanes of at least 4 members (excludes halogenated alkanes) is 2. The molecule has 0 spiro atoms. The van der Waals surface area contributed by atoms with E-state index in [2.05, 4.69) is 10.6 Å². The molecule has 0 aromatic rings. The predicted octanol–water partition coefficient (Wildman–Crippen LogP) is -1.75. The molecule has 20 heavy (non-hydrogen) atoms. The highest BCUT2D eigenvalue weighted by molar-refractivity contribution is 5.92. The van der Waals surface area contributed by atoms with Crippen LogP contribution in [-0.4, -0.2) is 65.5 Å². The van der Waals surface area contributed by atoms with Crippen molar-refractivity contribution >= 4 is 11.7 Å². The summed E-state index contributed by atoms with van der Waals surface area (Å²) in [4.78, 5) is 22.3. The Morgan fingerprint density at radius 2 is 1.65 bits per heavy atom. The summed E-state index contributed by atoms with van der Waals surface area (Å²) in [6, 6.07) is 0. The standard InChI is InChI=1S/C13H24N2O5/c1-2-6-14-7-4-3-5-8-15-13(20)12(19)11(18)10(17)9-16/h1,11-12,14,16,18-19H,2-9H2,(H,15,20). The molecule has 0 aliphatic carbocycles. The van der Waals surface area contributed by atoms with Crippen LogP contribution in [0.3, 0.4) is 0 Å². The van der Waals surface area contributed by atoms with Crippen LogP contribution in [-0.2, 0) is 9.59 Å². The van der Waals surface area contributed by atoms with E-state index in [1.165, 1.54) is 0 Å². The minimum absolute atomic E-state index is 0.354. The first-order valence-electron chi connectivity index (χ1n) is 6.72. The van der Waals surface area contributed by atoms with Crippen LogP contribution in [0.2, 0.25) is 0 Å². The number of aliphatic hydroxyl groups is 3. The van der Waals surface area contributed by atoms with Crippen molar-refractivity contribution in [3.63, 3.8) is 0 Å². The molecule has 0 bridgehead atoms. The van der Waals surface area contributed by atoms with Gasteiger partial charge < -0.3 is 26.0 Å². The zero-order chi connectivity index (χ0) is 15.4. The summed E-state index contributed by atoms with van der Waals surface area (Å²) in [6.07, 6.45) is -0.562. The van der Waals surface area contributed by atoms with Gasteiger partial charge in [0.1, 0.15) is 12.7 Å². The first-order chi connectivity index (χ1) is 9.54. The molecule has 2 atom stereocenters. The summed E-state index contributed by atoms with van der Waals surface area (Å²) in [6.45, 7) is 6.39. The van der Waals surface area contributed by atoms with Gasteiger partial charge in [-0.05, 0) is 39.3 Å². The van der Waals surface area contributed by atoms with Crippen molar-refractivity contribution in [2.75, 3.05) is 26.2 Å². The third-order valence-corrected chi connectivity index (χ3v) is 2.70. The zero-order valence-corrected chi connectivity index (χ0v) is 11.5. The maximum Gasteiger partial charge on any atom is 0.252 e. The van der Waals surface area contributed by atoms with Crippen molar-refractivity contribution in [2.24, 2.45) is 0 Å². The fraction of sp³-hybridized carbons (Fsp3) is 0.769. The molecule has 0 saturated heterocycles. The van der Waals surface area contributed by atoms with Crippen molar-refractivity contribution in [2.45, 2.75) is 37.9 Å². The second-order valence-corrected chi connectivity index (χ2v) is 4.40. The highest BCUT2D eigenvalue weighted by atomic mass is 16.3. The van der Waals surface area contributed by atoms with E-state index in [1.54, 1.807) is 0 Å². The predicted molar refractivity (Wildman–Crippen MR) is 72.8 cm³/mol. The fourth-order valence-corrected chi connectivity index (χ4v) is 1.51. The molecular weight excluding hydrogens is 264 g/mol. The Labute approximate surface area is 119 Å². The zero-order valence-electron chi connectivity index (χ0n) is 11.5. The van der Waals surface area contributed by atoms with Crippen molar-refractivity contribution in [3.8, 4) is 0 Å². The van der Waals surface area contributed by atoms with Gasteiger partial charge in [-0.3, -0.25) is 9.59 Å². The van der Waals surface area contributed by atoms with Gasteiger partial charge in [0.05, 0.1) is 0 Å². The Morgan fingerprint density at radius 3 is 2.25 bits per heavy atom. The number of nitrogens with one attached hydrogen (secondary N) is 2. The number of rotatable bonds is 12. The summed E-state index contributed by atoms with van der Waals surface area (Å²) in [5.41, 5.74) is 0. The van der Waals surface area contributed by atoms with E-state index in [1.807, 2.05) is 0 Å². The molecule has 1 amide bonds. The van der Waals surface area contributed by atoms with Crippen LogP contribution >= 0.6 is 0 Å². The lowest BCUT2D eigenvalue weighted by Gasteiger charge is -2.15. The Bertz CT molecular complexity index is 286. The Morgan fingerprint density at radius 1 is 1.00 bits per heavy atom. The van der Waals surface area contributed by atoms with E-state index in [9.17, 15) is 19.8 Å². The number of carbonyl (C=O) groups is 2. The van der Waals surface area contributed by atoms with Crippen molar-refractivity contribution in [1.82, 2.24) is 10.6 Å². The van der Waals surface area contributed by atoms with Crippen molar-refractivity contribution in [1.29, 1.82) is 0 Å². The molecular formula is C13H24N2O5. The Balaban J connectivity index is 3.65. The number of amides is 1. The third-order valence-electron chi connectivity index (χ3n) is 2.70. The van der Waals surface area contributed by atoms with Crippen LogP contribution in [0.25, 0.3) is 0 Å². The first-order valence-corrected chi connectivity index (χ1v) is 6.72. The van der Waals surface area contributed by atoms with Crippen LogP contribution in [0.5, 0.6) is 0 Å². The van der Waals surface area contributed by atoms with Gasteiger partial charge in [-0.2, -0.15) is 0 Å². The smallest absolute Gasteiger partial charge is 0.252 e. The molecule has 0 aromatic heterocycles. The molecule has 5 N–H and O–H groups in total. The van der Waals surface area contributed by atoms with Crippen LogP contribution in [0, 0.1) is 6.92 Å². The number of carbonyl (C=O) groups excluding carboxylic acids is 2. The topological polar surface area (TPSA) is 119 Å². The maximum absolute atomic E-state index is 11.4. The summed E-state index contributed by atoms with van der Waals surface area (Å²) in [7, 11) is 0. The molecule has 116 valence electrons. The summed E-state index contributed by atoms with van der Waals surface area (Å²) >= 11 is 0. The number of hydrogen-bond donors (Lipinski definition) is 5. The second-order valence-electron chi connectivity index (χ2n) is 4.40. The first kappa shape index (κ1) is 19.0. The molecule has 7 heteroatoms. The molecule has 0 heterocycles. The number of Topliss-reactive ketones (excluding diaryl/α,β-unsaturated/α-hetero) is 1. The fourth-order valence-electron chi connectivity index (χ4n) is 1.51. The van der Waals surface area contributed by atoms with Gasteiger partial charge in [-0.25, -0.2) is 0 Å². The monoisotopic (exact) mass is 288 g/mol. The average Bonchev–Trinajstić information content (AvgIpc) is 2.47. The van der Waals surface area contributed by atoms with Crippen LogP contribution in [0.1, 0.15) is 25.7 Å². The lowest BCUT2D eigenvalue weighted by molar-refractivity contribution is -0.146. The van der Waals surface area contributed by atoms with E-state index in [-0.39, 0.29) is 0 Å². The molecule has 0 saturated carbocycles. The van der Waals surface area contributed by atoms with E-state index >= 15 is 0 Å². The molecule has 0 aromatic carbocycles. The SMILES string of the molecule is [CH]CCNCCCCCNC(=O)C(O)C(O)C(=O)CO. The quantitative estimate of drug-likeness (QED) is 0.272. The number of hydrogen-bond acceptors (Lipinski definition) is 6. The summed E-state index contributed by atoms with van der Waals surface area (Å²) in [5, 5.41) is 32.7. The maximum atomic E-state index is 11.4. The molecule has 0 rings (SSSR count). The van der Waals surface area contributed by atoms with E-state index < -0.39 is 30.5 Å². The van der Waals surface area contributed by atoms with E-state index in [0.717, 1.165) is 32.4 Å². The highest BCUT2D eigenvalue weighted by Crippen LogP contribution is 1.97. The molecule has 2 unspecified atom stereocenters. The van der Waals surface area contributed by atoms with Gasteiger partial charge in [0.25, 0.3) is 5.91 Å². The van der Waals surface area contributed by atoms with Gasteiger partial charge in [0.2, 0.25) is 0 Å². The van der Waals surface area contributed by atoms with Crippen molar-refractivity contribution in [3.05, 3.63) is 6.92 Å². The highest BCUT2D eigenvalue weighted by Gasteiger charge is 2.29. The molecule has 0 aliphatic heterocycles. The lowest BCUT2D eigenvalue weighted by atomic mass is 10.1. The van der Waals surface area contributed by atoms with E-state index in [0.29, 0.717) is 13.0 Å². The number of aliphatic hydroxyl groups excluding tert-OH is 3. The minimum atomic E-state index is -1.89. The molecule has 0 aliphatic rings. The second kappa shape index (κ2) is 11.8. The molecule has 7 nitrogen and oxygen atoms in total. The summed E-state index contributed by atoms with van der Waals surface area (Å²) < 4.78 is 0. The minimum Gasteiger partial charge on any atom is -0.388 e. The molecule has 0 fully saturated rings. The molecule has 2 radical (unpaired) electrons. The largest absolute Gasteiger partial charge is 0.388 e. The van der Waals surface area contributed by atoms with Gasteiger partial charge in [-0.1, -0.05) is 6.42 Å². The summed E-state index contributed by atoms with van der Waals surface area (Å²) in [5.74, 6) is -1.81. The Kier molecular flexibility index (Phi) is 11.2. The lowest BCUT2D eigenvalue weighted by Crippen LogP contribution is -2.46. The van der Waals surface area contributed by atoms with Crippen LogP contribution in [0.15, 0.2) is 0 Å². The average molecular weight is 288 g/mol. The van der Waals surface area contributed by atoms with Gasteiger partial charge in [0.15, 0.2) is 11.9 Å². The Hall–Kier alpha value is -1.02. The van der Waals surface area contributed by atoms with Crippen LogP contribution < -0.4 is 10.6 Å².